The fraction of sp³-hybridized carbons (Fsp3) is 0.143. The van der Waals surface area contributed by atoms with Gasteiger partial charge in [0.2, 0.25) is 0 Å². The second-order valence-electron chi connectivity index (χ2n) is 1.89. The highest BCUT2D eigenvalue weighted by Crippen LogP contribution is 1.87. The van der Waals surface area contributed by atoms with Crippen LogP contribution in [-0.4, -0.2) is 0 Å². The van der Waals surface area contributed by atoms with Crippen molar-refractivity contribution in [2.75, 3.05) is 0 Å². The summed E-state index contributed by atoms with van der Waals surface area (Å²) in [4.78, 5) is 0. The molecule has 0 spiro atoms. The SMILES string of the molecule is Cc1ccc[n+](C#N)c1. The molecule has 0 unspecified atom stereocenters. The number of rotatable bonds is 0. The number of pyridine rings is 1. The molecule has 1 heterocycles. The average Bonchev–Trinajstić information content (AvgIpc) is 1.88. The van der Waals surface area contributed by atoms with Crippen LogP contribution in [0.2, 0.25) is 0 Å². The lowest BCUT2D eigenvalue weighted by Crippen LogP contribution is -2.26. The summed E-state index contributed by atoms with van der Waals surface area (Å²) in [7, 11) is 0. The molecule has 0 aliphatic heterocycles. The first-order valence-corrected chi connectivity index (χ1v) is 2.71. The maximum Gasteiger partial charge on any atom is 0.463 e. The van der Waals surface area contributed by atoms with Crippen LogP contribution < -0.4 is 4.57 Å². The summed E-state index contributed by atoms with van der Waals surface area (Å²) in [5, 5.41) is 8.38. The van der Waals surface area contributed by atoms with Crippen LogP contribution in [0, 0.1) is 18.4 Å². The summed E-state index contributed by atoms with van der Waals surface area (Å²) in [6.07, 6.45) is 5.48. The minimum atomic E-state index is 1.10. The van der Waals surface area contributed by atoms with Gasteiger partial charge in [0.05, 0.1) is 0 Å². The Morgan fingerprint density at radius 1 is 1.67 bits per heavy atom. The largest absolute Gasteiger partial charge is 0.463 e. The number of aryl methyl sites for hydroxylation is 1. The van der Waals surface area contributed by atoms with Gasteiger partial charge in [0, 0.05) is 0 Å². The number of hydrogen-bond donors (Lipinski definition) is 0. The molecule has 0 bridgehead atoms. The van der Waals surface area contributed by atoms with Gasteiger partial charge < -0.3 is 0 Å². The van der Waals surface area contributed by atoms with Crippen molar-refractivity contribution in [2.45, 2.75) is 6.92 Å². The summed E-state index contributed by atoms with van der Waals surface area (Å²) in [6.45, 7) is 1.95. The van der Waals surface area contributed by atoms with Crippen molar-refractivity contribution >= 4 is 0 Å². The Labute approximate surface area is 54.0 Å². The van der Waals surface area contributed by atoms with Gasteiger partial charge in [-0.05, 0) is 18.6 Å². The number of nitriles is 1. The molecule has 0 fully saturated rings. The highest BCUT2D eigenvalue weighted by molar-refractivity contribution is 5.01. The highest BCUT2D eigenvalue weighted by atomic mass is 14.9. The van der Waals surface area contributed by atoms with Gasteiger partial charge in [-0.2, -0.15) is 0 Å². The van der Waals surface area contributed by atoms with Crippen LogP contribution >= 0.6 is 0 Å². The first-order chi connectivity index (χ1) is 4.33. The molecule has 2 nitrogen and oxygen atoms in total. The van der Waals surface area contributed by atoms with Crippen LogP contribution in [-0.2, 0) is 0 Å². The summed E-state index contributed by atoms with van der Waals surface area (Å²) >= 11 is 0. The molecule has 0 aliphatic carbocycles. The van der Waals surface area contributed by atoms with Crippen molar-refractivity contribution in [1.29, 1.82) is 5.26 Å². The topological polar surface area (TPSA) is 27.7 Å². The molecule has 1 aromatic rings. The van der Waals surface area contributed by atoms with Gasteiger partial charge in [-0.1, -0.05) is 6.07 Å². The predicted octanol–water partition coefficient (Wildman–Crippen LogP) is 0.612. The molecule has 0 saturated heterocycles. The fourth-order valence-electron chi connectivity index (χ4n) is 0.655. The number of nitrogens with zero attached hydrogens (tertiary/aromatic N) is 2. The van der Waals surface area contributed by atoms with E-state index in [0.29, 0.717) is 0 Å². The van der Waals surface area contributed by atoms with Gasteiger partial charge in [0.15, 0.2) is 5.26 Å². The molecule has 1 rings (SSSR count). The van der Waals surface area contributed by atoms with Crippen LogP contribution in [0.3, 0.4) is 0 Å². The van der Waals surface area contributed by atoms with E-state index >= 15 is 0 Å². The van der Waals surface area contributed by atoms with Crippen LogP contribution in [0.4, 0.5) is 0 Å². The van der Waals surface area contributed by atoms with Gasteiger partial charge in [-0.3, -0.25) is 0 Å². The van der Waals surface area contributed by atoms with E-state index in [9.17, 15) is 0 Å². The zero-order valence-electron chi connectivity index (χ0n) is 5.20. The fourth-order valence-corrected chi connectivity index (χ4v) is 0.655. The van der Waals surface area contributed by atoms with E-state index in [0.717, 1.165) is 5.56 Å². The highest BCUT2D eigenvalue weighted by Gasteiger charge is 1.91. The predicted molar refractivity (Wildman–Crippen MR) is 32.4 cm³/mol. The van der Waals surface area contributed by atoms with Crippen LogP contribution in [0.1, 0.15) is 5.56 Å². The molecule has 2 heteroatoms. The molecule has 0 N–H and O–H groups in total. The summed E-state index contributed by atoms with van der Waals surface area (Å²) in [5.41, 5.74) is 1.10. The summed E-state index contributed by atoms with van der Waals surface area (Å²) < 4.78 is 1.47. The van der Waals surface area contributed by atoms with E-state index in [2.05, 4.69) is 0 Å². The van der Waals surface area contributed by atoms with Crippen molar-refractivity contribution in [3.63, 3.8) is 0 Å². The second kappa shape index (κ2) is 2.27. The number of hydrogen-bond acceptors (Lipinski definition) is 1. The molecule has 0 atom stereocenters. The van der Waals surface area contributed by atoms with Crippen molar-refractivity contribution in [3.05, 3.63) is 30.1 Å². The minimum absolute atomic E-state index is 1.10. The van der Waals surface area contributed by atoms with E-state index < -0.39 is 0 Å². The third-order valence-electron chi connectivity index (χ3n) is 1.06. The Morgan fingerprint density at radius 3 is 2.89 bits per heavy atom. The monoisotopic (exact) mass is 119 g/mol. The van der Waals surface area contributed by atoms with Crippen LogP contribution in [0.5, 0.6) is 0 Å². The molecule has 0 radical (unpaired) electrons. The molecular formula is C7H7N2+. The van der Waals surface area contributed by atoms with Gasteiger partial charge in [-0.15, -0.1) is 4.57 Å². The van der Waals surface area contributed by atoms with Crippen molar-refractivity contribution in [2.24, 2.45) is 0 Å². The van der Waals surface area contributed by atoms with Crippen LogP contribution in [0.15, 0.2) is 24.5 Å². The normalized spacial score (nSPS) is 8.44. The Balaban J connectivity index is 3.12. The maximum atomic E-state index is 8.38. The molecule has 0 aromatic carbocycles. The van der Waals surface area contributed by atoms with Gasteiger partial charge >= 0.3 is 6.19 Å². The van der Waals surface area contributed by atoms with Gasteiger partial charge in [-0.25, -0.2) is 0 Å². The average molecular weight is 119 g/mol. The first kappa shape index (κ1) is 5.77. The van der Waals surface area contributed by atoms with Crippen molar-refractivity contribution in [1.82, 2.24) is 0 Å². The standard InChI is InChI=1S/C7H7N2/c1-7-3-2-4-9(5-7)6-8/h2-5H,1H3/q+1. The van der Waals surface area contributed by atoms with Crippen molar-refractivity contribution < 1.29 is 4.57 Å². The first-order valence-electron chi connectivity index (χ1n) is 2.71. The lowest BCUT2D eigenvalue weighted by Gasteiger charge is -1.85. The van der Waals surface area contributed by atoms with E-state index in [-0.39, 0.29) is 0 Å². The lowest BCUT2D eigenvalue weighted by molar-refractivity contribution is -0.586. The van der Waals surface area contributed by atoms with E-state index in [1.54, 1.807) is 12.4 Å². The van der Waals surface area contributed by atoms with E-state index in [1.807, 2.05) is 25.2 Å². The van der Waals surface area contributed by atoms with E-state index in [4.69, 9.17) is 5.26 Å². The molecule has 44 valence electrons. The quantitative estimate of drug-likeness (QED) is 0.460. The number of aromatic nitrogens is 1. The Hall–Kier alpha value is -1.36. The maximum absolute atomic E-state index is 8.38. The third kappa shape index (κ3) is 1.26. The Kier molecular flexibility index (Phi) is 1.46. The van der Waals surface area contributed by atoms with Crippen molar-refractivity contribution in [3.8, 4) is 6.19 Å². The molecule has 0 amide bonds. The second-order valence-corrected chi connectivity index (χ2v) is 1.89. The molecule has 1 aromatic heterocycles. The van der Waals surface area contributed by atoms with Crippen LogP contribution in [0.25, 0.3) is 0 Å². The Bertz CT molecular complexity index is 247. The lowest BCUT2D eigenvalue weighted by atomic mass is 10.3. The zero-order valence-corrected chi connectivity index (χ0v) is 5.20. The Morgan fingerprint density at radius 2 is 2.44 bits per heavy atom. The zero-order chi connectivity index (χ0) is 6.69. The smallest absolute Gasteiger partial charge is 0.149 e. The summed E-state index contributed by atoms with van der Waals surface area (Å²) in [6, 6.07) is 3.80. The molecular weight excluding hydrogens is 112 g/mol. The molecule has 0 saturated carbocycles. The van der Waals surface area contributed by atoms with Gasteiger partial charge in [0.25, 0.3) is 0 Å². The minimum Gasteiger partial charge on any atom is -0.149 e. The molecule has 9 heavy (non-hydrogen) atoms. The van der Waals surface area contributed by atoms with Gasteiger partial charge in [0.1, 0.15) is 12.4 Å². The van der Waals surface area contributed by atoms with E-state index in [1.165, 1.54) is 4.57 Å². The third-order valence-corrected chi connectivity index (χ3v) is 1.06. The summed E-state index contributed by atoms with van der Waals surface area (Å²) in [5.74, 6) is 0. The molecule has 0 aliphatic rings.